The van der Waals surface area contributed by atoms with Gasteiger partial charge in [0.2, 0.25) is 0 Å². The SMILES string of the molecule is OCCC(CCO)(C1=CC=CC1)C1=CC=CC1.[Cl-].[Cl-].[Zr+2]. The Hall–Kier alpha value is 0.343. The second kappa shape index (κ2) is 11.0. The van der Waals surface area contributed by atoms with Gasteiger partial charge in [-0.25, -0.2) is 0 Å². The smallest absolute Gasteiger partial charge is 1.00 e. The molecule has 0 atom stereocenters. The summed E-state index contributed by atoms with van der Waals surface area (Å²) in [5.74, 6) is 0. The van der Waals surface area contributed by atoms with Crippen molar-refractivity contribution in [2.24, 2.45) is 5.41 Å². The third kappa shape index (κ3) is 4.68. The predicted molar refractivity (Wildman–Crippen MR) is 69.5 cm³/mol. The van der Waals surface area contributed by atoms with E-state index in [1.807, 2.05) is 0 Å². The third-order valence-corrected chi connectivity index (χ3v) is 3.85. The number of rotatable bonds is 6. The molecule has 2 aliphatic carbocycles. The van der Waals surface area contributed by atoms with Crippen molar-refractivity contribution in [3.8, 4) is 0 Å². The van der Waals surface area contributed by atoms with Gasteiger partial charge in [0.1, 0.15) is 0 Å². The Balaban J connectivity index is 0. The zero-order valence-electron chi connectivity index (χ0n) is 11.4. The Morgan fingerprint density at radius 2 is 1.25 bits per heavy atom. The average molecular weight is 394 g/mol. The summed E-state index contributed by atoms with van der Waals surface area (Å²) in [5.41, 5.74) is 2.52. The van der Waals surface area contributed by atoms with Crippen molar-refractivity contribution < 1.29 is 61.2 Å². The standard InChI is InChI=1S/C15H20O2.2ClH.Zr/c16-11-9-15(10-12-17,13-5-1-2-6-13)14-7-3-4-8-14;;;/h1-5,7,16-17H,6,8-12H2;2*1H;/q;;;+2/p-2. The van der Waals surface area contributed by atoms with Crippen LogP contribution < -0.4 is 24.8 Å². The van der Waals surface area contributed by atoms with Gasteiger partial charge in [-0.15, -0.1) is 0 Å². The van der Waals surface area contributed by atoms with E-state index in [9.17, 15) is 10.2 Å². The predicted octanol–water partition coefficient (Wildman–Crippen LogP) is -3.48. The van der Waals surface area contributed by atoms with Gasteiger partial charge in [-0.05, 0) is 25.7 Å². The second-order valence-electron chi connectivity index (χ2n) is 4.68. The molecule has 2 aliphatic rings. The van der Waals surface area contributed by atoms with E-state index in [1.54, 1.807) is 0 Å². The first-order valence-electron chi connectivity index (χ1n) is 6.27. The Kier molecular flexibility index (Phi) is 12.4. The summed E-state index contributed by atoms with van der Waals surface area (Å²) in [6, 6.07) is 0. The Morgan fingerprint density at radius 3 is 1.50 bits per heavy atom. The zero-order chi connectivity index (χ0) is 12.1. The van der Waals surface area contributed by atoms with Gasteiger partial charge >= 0.3 is 26.2 Å². The molecule has 0 bridgehead atoms. The number of hydrogen-bond acceptors (Lipinski definition) is 2. The minimum Gasteiger partial charge on any atom is -1.00 e. The number of halogens is 2. The second-order valence-corrected chi connectivity index (χ2v) is 4.68. The van der Waals surface area contributed by atoms with Gasteiger partial charge in [0, 0.05) is 18.6 Å². The van der Waals surface area contributed by atoms with Crippen molar-refractivity contribution in [1.82, 2.24) is 0 Å². The van der Waals surface area contributed by atoms with Gasteiger partial charge in [-0.2, -0.15) is 0 Å². The van der Waals surface area contributed by atoms with Crippen molar-refractivity contribution in [3.05, 3.63) is 47.6 Å². The molecule has 0 aromatic heterocycles. The first-order valence-corrected chi connectivity index (χ1v) is 6.27. The number of hydrogen-bond donors (Lipinski definition) is 2. The molecule has 110 valence electrons. The molecule has 0 saturated heterocycles. The quantitative estimate of drug-likeness (QED) is 0.491. The maximum atomic E-state index is 9.37. The molecule has 0 unspecified atom stereocenters. The molecule has 0 fully saturated rings. The maximum Gasteiger partial charge on any atom is 2.00 e. The summed E-state index contributed by atoms with van der Waals surface area (Å²) in [6.07, 6.45) is 16.0. The molecule has 0 saturated carbocycles. The van der Waals surface area contributed by atoms with Gasteiger partial charge in [0.15, 0.2) is 0 Å². The van der Waals surface area contributed by atoms with E-state index >= 15 is 0 Å². The normalized spacial score (nSPS) is 15.9. The van der Waals surface area contributed by atoms with Crippen molar-refractivity contribution in [3.63, 3.8) is 0 Å². The molecule has 0 amide bonds. The molecule has 2 rings (SSSR count). The van der Waals surface area contributed by atoms with Crippen LogP contribution in [-0.2, 0) is 26.2 Å². The van der Waals surface area contributed by atoms with Gasteiger partial charge in [-0.3, -0.25) is 0 Å². The Labute approximate surface area is 152 Å². The minimum atomic E-state index is -0.142. The molecule has 5 heteroatoms. The van der Waals surface area contributed by atoms with Crippen LogP contribution in [0.3, 0.4) is 0 Å². The maximum absolute atomic E-state index is 9.37. The first-order chi connectivity index (χ1) is 8.33. The summed E-state index contributed by atoms with van der Waals surface area (Å²) >= 11 is 0. The molecule has 0 aliphatic heterocycles. The van der Waals surface area contributed by atoms with Crippen molar-refractivity contribution in [2.75, 3.05) is 13.2 Å². The molecule has 0 heterocycles. The summed E-state index contributed by atoms with van der Waals surface area (Å²) in [5, 5.41) is 18.7. The molecule has 0 spiro atoms. The summed E-state index contributed by atoms with van der Waals surface area (Å²) in [6.45, 7) is 0.323. The van der Waals surface area contributed by atoms with E-state index in [0.717, 1.165) is 12.8 Å². The van der Waals surface area contributed by atoms with Gasteiger partial charge in [0.05, 0.1) is 0 Å². The fraction of sp³-hybridized carbons (Fsp3) is 0.467. The third-order valence-electron chi connectivity index (χ3n) is 3.85. The van der Waals surface area contributed by atoms with Crippen LogP contribution in [0.2, 0.25) is 0 Å². The van der Waals surface area contributed by atoms with Crippen LogP contribution >= 0.6 is 0 Å². The first kappa shape index (κ1) is 22.6. The minimum absolute atomic E-state index is 0. The largest absolute Gasteiger partial charge is 2.00 e. The number of aliphatic hydroxyl groups excluding tert-OH is 2. The van der Waals surface area contributed by atoms with E-state index in [-0.39, 0.29) is 69.6 Å². The fourth-order valence-corrected chi connectivity index (χ4v) is 2.96. The fourth-order valence-electron chi connectivity index (χ4n) is 2.96. The van der Waals surface area contributed by atoms with Crippen LogP contribution in [0.4, 0.5) is 0 Å². The summed E-state index contributed by atoms with van der Waals surface area (Å²) < 4.78 is 0. The molecular weight excluding hydrogens is 374 g/mol. The van der Waals surface area contributed by atoms with Crippen LogP contribution in [0.1, 0.15) is 25.7 Å². The van der Waals surface area contributed by atoms with E-state index < -0.39 is 0 Å². The average Bonchev–Trinajstić information content (AvgIpc) is 3.02. The van der Waals surface area contributed by atoms with E-state index in [1.165, 1.54) is 11.1 Å². The molecule has 0 aromatic rings. The van der Waals surface area contributed by atoms with E-state index in [4.69, 9.17) is 0 Å². The molecule has 2 N–H and O–H groups in total. The molecule has 0 radical (unpaired) electrons. The van der Waals surface area contributed by atoms with E-state index in [2.05, 4.69) is 36.5 Å². The molecule has 2 nitrogen and oxygen atoms in total. The van der Waals surface area contributed by atoms with Gasteiger partial charge < -0.3 is 35.0 Å². The molecule has 0 aromatic carbocycles. The van der Waals surface area contributed by atoms with Crippen molar-refractivity contribution >= 4 is 0 Å². The van der Waals surface area contributed by atoms with Crippen LogP contribution in [0.5, 0.6) is 0 Å². The Morgan fingerprint density at radius 1 is 0.850 bits per heavy atom. The van der Waals surface area contributed by atoms with Crippen molar-refractivity contribution in [1.29, 1.82) is 0 Å². The van der Waals surface area contributed by atoms with Crippen LogP contribution in [0.15, 0.2) is 47.6 Å². The van der Waals surface area contributed by atoms with E-state index in [0.29, 0.717) is 12.8 Å². The number of allylic oxidation sites excluding steroid dienone is 8. The van der Waals surface area contributed by atoms with Gasteiger partial charge in [0.25, 0.3) is 0 Å². The molecule has 20 heavy (non-hydrogen) atoms. The number of aliphatic hydroxyl groups is 2. The Bertz CT molecular complexity index is 363. The van der Waals surface area contributed by atoms with Gasteiger partial charge in [-0.1, -0.05) is 47.6 Å². The topological polar surface area (TPSA) is 40.5 Å². The summed E-state index contributed by atoms with van der Waals surface area (Å²) in [4.78, 5) is 0. The van der Waals surface area contributed by atoms with Crippen LogP contribution in [0, 0.1) is 5.41 Å². The molecular formula is C15H20Cl2O2Zr. The monoisotopic (exact) mass is 392 g/mol. The van der Waals surface area contributed by atoms with Crippen LogP contribution in [0.25, 0.3) is 0 Å². The summed E-state index contributed by atoms with van der Waals surface area (Å²) in [7, 11) is 0. The van der Waals surface area contributed by atoms with Crippen LogP contribution in [-0.4, -0.2) is 23.4 Å². The van der Waals surface area contributed by atoms with Crippen molar-refractivity contribution in [2.45, 2.75) is 25.7 Å². The zero-order valence-corrected chi connectivity index (χ0v) is 15.3.